The molecular formula is C15H28N2O2. The molecule has 2 N–H and O–H groups in total. The van der Waals surface area contributed by atoms with E-state index in [1.807, 2.05) is 0 Å². The number of ether oxygens (including phenoxy) is 1. The van der Waals surface area contributed by atoms with Gasteiger partial charge in [-0.25, -0.2) is 0 Å². The predicted octanol–water partition coefficient (Wildman–Crippen LogP) is 1.98. The van der Waals surface area contributed by atoms with Crippen LogP contribution in [-0.4, -0.2) is 37.7 Å². The van der Waals surface area contributed by atoms with Crippen molar-refractivity contribution >= 4 is 5.91 Å². The Bertz CT molecular complexity index is 257. The molecule has 1 heterocycles. The summed E-state index contributed by atoms with van der Waals surface area (Å²) in [5.41, 5.74) is 0. The number of carbonyl (C=O) groups is 1. The molecule has 1 aliphatic heterocycles. The topological polar surface area (TPSA) is 50.4 Å². The van der Waals surface area contributed by atoms with Gasteiger partial charge in [0.2, 0.25) is 5.91 Å². The summed E-state index contributed by atoms with van der Waals surface area (Å²) in [4.78, 5) is 11.9. The molecule has 2 aliphatic rings. The molecule has 1 saturated carbocycles. The van der Waals surface area contributed by atoms with Gasteiger partial charge in [0.1, 0.15) is 0 Å². The van der Waals surface area contributed by atoms with Gasteiger partial charge in [-0.2, -0.15) is 0 Å². The first-order valence-corrected chi connectivity index (χ1v) is 7.96. The van der Waals surface area contributed by atoms with Gasteiger partial charge < -0.3 is 15.4 Å². The quantitative estimate of drug-likeness (QED) is 0.801. The first kappa shape index (κ1) is 14.8. The highest BCUT2D eigenvalue weighted by Crippen LogP contribution is 2.16. The SMILES string of the molecule is O=C(CNCC1CCCO1)NC1CCCCCCC1. The summed E-state index contributed by atoms with van der Waals surface area (Å²) < 4.78 is 5.52. The first-order valence-electron chi connectivity index (χ1n) is 7.96. The summed E-state index contributed by atoms with van der Waals surface area (Å²) >= 11 is 0. The molecule has 0 radical (unpaired) electrons. The maximum atomic E-state index is 11.9. The number of rotatable bonds is 5. The summed E-state index contributed by atoms with van der Waals surface area (Å²) in [6.45, 7) is 2.11. The number of carbonyl (C=O) groups excluding carboxylic acids is 1. The fourth-order valence-electron chi connectivity index (χ4n) is 3.03. The lowest BCUT2D eigenvalue weighted by molar-refractivity contribution is -0.121. The van der Waals surface area contributed by atoms with Gasteiger partial charge in [-0.15, -0.1) is 0 Å². The average molecular weight is 268 g/mol. The summed E-state index contributed by atoms with van der Waals surface area (Å²) in [7, 11) is 0. The minimum Gasteiger partial charge on any atom is -0.377 e. The van der Waals surface area contributed by atoms with Crippen molar-refractivity contribution in [3.05, 3.63) is 0 Å². The van der Waals surface area contributed by atoms with E-state index in [0.717, 1.165) is 38.8 Å². The van der Waals surface area contributed by atoms with Crippen LogP contribution in [0.15, 0.2) is 0 Å². The lowest BCUT2D eigenvalue weighted by atomic mass is 9.97. The zero-order valence-corrected chi connectivity index (χ0v) is 12.0. The Labute approximate surface area is 116 Å². The van der Waals surface area contributed by atoms with Gasteiger partial charge in [-0.1, -0.05) is 32.1 Å². The molecule has 0 aromatic rings. The second kappa shape index (κ2) is 8.54. The normalized spacial score (nSPS) is 25.8. The minimum absolute atomic E-state index is 0.142. The monoisotopic (exact) mass is 268 g/mol. The third-order valence-electron chi connectivity index (χ3n) is 4.15. The van der Waals surface area contributed by atoms with Crippen molar-refractivity contribution in [2.75, 3.05) is 19.7 Å². The van der Waals surface area contributed by atoms with E-state index in [1.54, 1.807) is 0 Å². The summed E-state index contributed by atoms with van der Waals surface area (Å²) in [6.07, 6.45) is 11.4. The summed E-state index contributed by atoms with van der Waals surface area (Å²) in [6, 6.07) is 0.400. The molecule has 110 valence electrons. The van der Waals surface area contributed by atoms with Crippen LogP contribution in [0.1, 0.15) is 57.8 Å². The molecule has 0 bridgehead atoms. The Hall–Kier alpha value is -0.610. The van der Waals surface area contributed by atoms with Crippen molar-refractivity contribution in [3.8, 4) is 0 Å². The molecule has 1 unspecified atom stereocenters. The molecule has 0 aromatic heterocycles. The maximum absolute atomic E-state index is 11.9. The van der Waals surface area contributed by atoms with Crippen LogP contribution in [0, 0.1) is 0 Å². The number of nitrogens with one attached hydrogen (secondary N) is 2. The van der Waals surface area contributed by atoms with Crippen molar-refractivity contribution in [3.63, 3.8) is 0 Å². The van der Waals surface area contributed by atoms with E-state index in [0.29, 0.717) is 18.7 Å². The van der Waals surface area contributed by atoms with Crippen molar-refractivity contribution in [1.29, 1.82) is 0 Å². The Morgan fingerprint density at radius 3 is 2.42 bits per heavy atom. The highest BCUT2D eigenvalue weighted by Gasteiger charge is 2.16. The zero-order chi connectivity index (χ0) is 13.3. The van der Waals surface area contributed by atoms with Crippen LogP contribution < -0.4 is 10.6 Å². The van der Waals surface area contributed by atoms with Crippen molar-refractivity contribution in [2.24, 2.45) is 0 Å². The molecule has 2 rings (SSSR count). The molecule has 1 atom stereocenters. The van der Waals surface area contributed by atoms with E-state index >= 15 is 0 Å². The third-order valence-corrected chi connectivity index (χ3v) is 4.15. The fourth-order valence-corrected chi connectivity index (χ4v) is 3.03. The summed E-state index contributed by atoms with van der Waals surface area (Å²) in [5, 5.41) is 6.38. The minimum atomic E-state index is 0.142. The van der Waals surface area contributed by atoms with Gasteiger partial charge in [-0.3, -0.25) is 4.79 Å². The number of hydrogen-bond donors (Lipinski definition) is 2. The van der Waals surface area contributed by atoms with Crippen molar-refractivity contribution in [1.82, 2.24) is 10.6 Å². The largest absolute Gasteiger partial charge is 0.377 e. The van der Waals surface area contributed by atoms with Crippen LogP contribution in [0.5, 0.6) is 0 Å². The van der Waals surface area contributed by atoms with Gasteiger partial charge in [0, 0.05) is 19.2 Å². The lowest BCUT2D eigenvalue weighted by Crippen LogP contribution is -2.42. The Kier molecular flexibility index (Phi) is 6.65. The smallest absolute Gasteiger partial charge is 0.234 e. The standard InChI is InChI=1S/C15H28N2O2/c18-15(12-16-11-14-9-6-10-19-14)17-13-7-4-2-1-3-5-8-13/h13-14,16H,1-12H2,(H,17,18). The molecular weight excluding hydrogens is 240 g/mol. The van der Waals surface area contributed by atoms with E-state index in [9.17, 15) is 4.79 Å². The first-order chi connectivity index (χ1) is 9.34. The van der Waals surface area contributed by atoms with Crippen LogP contribution in [0.2, 0.25) is 0 Å². The Balaban J connectivity index is 1.56. The van der Waals surface area contributed by atoms with Gasteiger partial charge >= 0.3 is 0 Å². The van der Waals surface area contributed by atoms with Crippen LogP contribution in [0.3, 0.4) is 0 Å². The second-order valence-electron chi connectivity index (χ2n) is 5.88. The molecule has 1 amide bonds. The third kappa shape index (κ3) is 5.91. The van der Waals surface area contributed by atoms with Gasteiger partial charge in [0.25, 0.3) is 0 Å². The Morgan fingerprint density at radius 1 is 1.00 bits per heavy atom. The summed E-state index contributed by atoms with van der Waals surface area (Å²) in [5.74, 6) is 0.142. The molecule has 2 fully saturated rings. The highest BCUT2D eigenvalue weighted by molar-refractivity contribution is 5.78. The lowest BCUT2D eigenvalue weighted by Gasteiger charge is -2.21. The van der Waals surface area contributed by atoms with Crippen LogP contribution in [0.4, 0.5) is 0 Å². The van der Waals surface area contributed by atoms with E-state index in [-0.39, 0.29) is 5.91 Å². The average Bonchev–Trinajstić information content (AvgIpc) is 2.85. The molecule has 4 heteroatoms. The number of hydrogen-bond acceptors (Lipinski definition) is 3. The molecule has 0 spiro atoms. The van der Waals surface area contributed by atoms with E-state index in [1.165, 1.54) is 32.1 Å². The van der Waals surface area contributed by atoms with E-state index < -0.39 is 0 Å². The van der Waals surface area contributed by atoms with Gasteiger partial charge in [0.05, 0.1) is 12.6 Å². The van der Waals surface area contributed by atoms with Crippen molar-refractivity contribution in [2.45, 2.75) is 69.9 Å². The van der Waals surface area contributed by atoms with E-state index in [4.69, 9.17) is 4.74 Å². The maximum Gasteiger partial charge on any atom is 0.234 e. The van der Waals surface area contributed by atoms with Gasteiger partial charge in [-0.05, 0) is 25.7 Å². The molecule has 4 nitrogen and oxygen atoms in total. The van der Waals surface area contributed by atoms with Crippen LogP contribution in [0.25, 0.3) is 0 Å². The molecule has 0 aromatic carbocycles. The Morgan fingerprint density at radius 2 is 1.74 bits per heavy atom. The van der Waals surface area contributed by atoms with Gasteiger partial charge in [0.15, 0.2) is 0 Å². The molecule has 1 aliphatic carbocycles. The van der Waals surface area contributed by atoms with E-state index in [2.05, 4.69) is 10.6 Å². The highest BCUT2D eigenvalue weighted by atomic mass is 16.5. The van der Waals surface area contributed by atoms with Crippen molar-refractivity contribution < 1.29 is 9.53 Å². The predicted molar refractivity (Wildman–Crippen MR) is 76.1 cm³/mol. The zero-order valence-electron chi connectivity index (χ0n) is 12.0. The fraction of sp³-hybridized carbons (Fsp3) is 0.933. The van der Waals surface area contributed by atoms with Crippen LogP contribution >= 0.6 is 0 Å². The molecule has 1 saturated heterocycles. The number of amides is 1. The van der Waals surface area contributed by atoms with Crippen LogP contribution in [-0.2, 0) is 9.53 Å². The molecule has 19 heavy (non-hydrogen) atoms. The second-order valence-corrected chi connectivity index (χ2v) is 5.88.